The van der Waals surface area contributed by atoms with Gasteiger partial charge in [0, 0.05) is 0 Å². The summed E-state index contributed by atoms with van der Waals surface area (Å²) >= 11 is 0. The largest absolute Gasteiger partial charge is 0.351 e. The van der Waals surface area contributed by atoms with Gasteiger partial charge in [-0.3, -0.25) is 4.90 Å². The Bertz CT molecular complexity index is 525. The van der Waals surface area contributed by atoms with Crippen molar-refractivity contribution >= 4 is 17.4 Å². The molecule has 0 atom stereocenters. The van der Waals surface area contributed by atoms with Crippen LogP contribution in [0.25, 0.3) is 0 Å². The maximum Gasteiger partial charge on any atom is 0.323 e. The molecule has 104 valence electrons. The minimum atomic E-state index is -0.474. The third-order valence-electron chi connectivity index (χ3n) is 3.43. The highest BCUT2D eigenvalue weighted by atomic mass is 16.2. The molecule has 0 heterocycles. The second-order valence-electron chi connectivity index (χ2n) is 4.71. The Morgan fingerprint density at radius 3 is 1.45 bits per heavy atom. The van der Waals surface area contributed by atoms with Crippen LogP contribution in [0.15, 0.2) is 48.5 Å². The van der Waals surface area contributed by atoms with E-state index in [-0.39, 0.29) is 0 Å². The number of benzene rings is 2. The summed E-state index contributed by atoms with van der Waals surface area (Å²) in [6.45, 7) is 4.20. The Hall–Kier alpha value is -2.29. The lowest BCUT2D eigenvalue weighted by Gasteiger charge is -2.21. The van der Waals surface area contributed by atoms with E-state index >= 15 is 0 Å². The van der Waals surface area contributed by atoms with E-state index in [0.717, 1.165) is 24.2 Å². The first-order chi connectivity index (χ1) is 9.65. The van der Waals surface area contributed by atoms with Crippen molar-refractivity contribution in [3.8, 4) is 0 Å². The molecule has 0 saturated heterocycles. The van der Waals surface area contributed by atoms with E-state index in [4.69, 9.17) is 5.73 Å². The Kier molecular flexibility index (Phi) is 4.41. The van der Waals surface area contributed by atoms with Gasteiger partial charge in [0.1, 0.15) is 0 Å². The van der Waals surface area contributed by atoms with Crippen molar-refractivity contribution in [1.29, 1.82) is 0 Å². The fourth-order valence-electron chi connectivity index (χ4n) is 2.16. The number of rotatable bonds is 4. The molecule has 2 N–H and O–H groups in total. The van der Waals surface area contributed by atoms with Gasteiger partial charge < -0.3 is 5.73 Å². The van der Waals surface area contributed by atoms with Gasteiger partial charge in [-0.05, 0) is 48.2 Å². The SMILES string of the molecule is CCc1ccc(N(C(N)=O)c2ccc(CC)cc2)cc1. The number of aryl methyl sites for hydroxylation is 2. The van der Waals surface area contributed by atoms with Gasteiger partial charge in [-0.2, -0.15) is 0 Å². The summed E-state index contributed by atoms with van der Waals surface area (Å²) < 4.78 is 0. The molecule has 2 aromatic rings. The zero-order valence-electron chi connectivity index (χ0n) is 12.0. The molecule has 0 saturated carbocycles. The maximum absolute atomic E-state index is 11.8. The molecular formula is C17H20N2O. The molecule has 20 heavy (non-hydrogen) atoms. The number of hydrogen-bond acceptors (Lipinski definition) is 1. The third kappa shape index (κ3) is 2.99. The highest BCUT2D eigenvalue weighted by Gasteiger charge is 2.14. The molecule has 2 aromatic carbocycles. The van der Waals surface area contributed by atoms with E-state index in [9.17, 15) is 4.79 Å². The monoisotopic (exact) mass is 268 g/mol. The number of primary amides is 1. The van der Waals surface area contributed by atoms with E-state index in [2.05, 4.69) is 13.8 Å². The van der Waals surface area contributed by atoms with Gasteiger partial charge in [-0.25, -0.2) is 4.79 Å². The molecule has 0 fully saturated rings. The predicted molar refractivity (Wildman–Crippen MR) is 83.4 cm³/mol. The van der Waals surface area contributed by atoms with Gasteiger partial charge in [0.25, 0.3) is 0 Å². The first-order valence-electron chi connectivity index (χ1n) is 6.93. The molecular weight excluding hydrogens is 248 g/mol. The fourth-order valence-corrected chi connectivity index (χ4v) is 2.16. The number of carbonyl (C=O) groups excluding carboxylic acids is 1. The summed E-state index contributed by atoms with van der Waals surface area (Å²) in [4.78, 5) is 13.3. The van der Waals surface area contributed by atoms with Crippen molar-refractivity contribution in [3.05, 3.63) is 59.7 Å². The Morgan fingerprint density at radius 2 is 1.20 bits per heavy atom. The number of amides is 2. The first kappa shape index (κ1) is 14.1. The average Bonchev–Trinajstić information content (AvgIpc) is 2.48. The van der Waals surface area contributed by atoms with Gasteiger partial charge in [-0.1, -0.05) is 38.1 Å². The number of nitrogens with two attached hydrogens (primary N) is 1. The zero-order chi connectivity index (χ0) is 14.5. The molecule has 0 aromatic heterocycles. The Labute approximate surface area is 120 Å². The molecule has 2 amide bonds. The summed E-state index contributed by atoms with van der Waals surface area (Å²) in [5.41, 5.74) is 9.58. The smallest absolute Gasteiger partial charge is 0.323 e. The van der Waals surface area contributed by atoms with Crippen molar-refractivity contribution in [1.82, 2.24) is 0 Å². The number of carbonyl (C=O) groups is 1. The minimum Gasteiger partial charge on any atom is -0.351 e. The van der Waals surface area contributed by atoms with Crippen molar-refractivity contribution in [2.24, 2.45) is 5.73 Å². The van der Waals surface area contributed by atoms with Crippen molar-refractivity contribution in [3.63, 3.8) is 0 Å². The maximum atomic E-state index is 11.8. The van der Waals surface area contributed by atoms with Crippen molar-refractivity contribution < 1.29 is 4.79 Å². The molecule has 0 bridgehead atoms. The van der Waals surface area contributed by atoms with Gasteiger partial charge in [0.05, 0.1) is 11.4 Å². The van der Waals surface area contributed by atoms with Gasteiger partial charge >= 0.3 is 6.03 Å². The number of urea groups is 1. The lowest BCUT2D eigenvalue weighted by Crippen LogP contribution is -2.31. The highest BCUT2D eigenvalue weighted by molar-refractivity contribution is 5.98. The molecule has 0 radical (unpaired) electrons. The van der Waals surface area contributed by atoms with E-state index in [0.29, 0.717) is 0 Å². The number of hydrogen-bond donors (Lipinski definition) is 1. The summed E-state index contributed by atoms with van der Waals surface area (Å²) in [7, 11) is 0. The Balaban J connectivity index is 2.36. The number of anilines is 2. The van der Waals surface area contributed by atoms with Crippen LogP contribution in [-0.2, 0) is 12.8 Å². The van der Waals surface area contributed by atoms with Crippen LogP contribution in [0, 0.1) is 0 Å². The van der Waals surface area contributed by atoms with E-state index < -0.39 is 6.03 Å². The molecule has 0 unspecified atom stereocenters. The zero-order valence-corrected chi connectivity index (χ0v) is 12.0. The van der Waals surface area contributed by atoms with E-state index in [1.807, 2.05) is 48.5 Å². The molecule has 0 aliphatic heterocycles. The summed E-state index contributed by atoms with van der Waals surface area (Å²) in [6, 6.07) is 15.3. The predicted octanol–water partition coefficient (Wildman–Crippen LogP) is 4.03. The van der Waals surface area contributed by atoms with Crippen molar-refractivity contribution in [2.75, 3.05) is 4.90 Å². The highest BCUT2D eigenvalue weighted by Crippen LogP contribution is 2.26. The third-order valence-corrected chi connectivity index (χ3v) is 3.43. The van der Waals surface area contributed by atoms with Gasteiger partial charge in [0.15, 0.2) is 0 Å². The van der Waals surface area contributed by atoms with Crippen LogP contribution in [-0.4, -0.2) is 6.03 Å². The lowest BCUT2D eigenvalue weighted by atomic mass is 10.1. The quantitative estimate of drug-likeness (QED) is 0.894. The lowest BCUT2D eigenvalue weighted by molar-refractivity contribution is 0.256. The second-order valence-corrected chi connectivity index (χ2v) is 4.71. The van der Waals surface area contributed by atoms with Crippen LogP contribution in [0.1, 0.15) is 25.0 Å². The molecule has 0 spiro atoms. The molecule has 3 heteroatoms. The van der Waals surface area contributed by atoms with Crippen LogP contribution < -0.4 is 10.6 Å². The van der Waals surface area contributed by atoms with Crippen LogP contribution in [0.3, 0.4) is 0 Å². The molecule has 2 rings (SSSR count). The van der Waals surface area contributed by atoms with E-state index in [1.54, 1.807) is 0 Å². The van der Waals surface area contributed by atoms with Crippen LogP contribution in [0.4, 0.5) is 16.2 Å². The molecule has 0 aliphatic carbocycles. The number of nitrogens with zero attached hydrogens (tertiary/aromatic N) is 1. The van der Waals surface area contributed by atoms with Crippen molar-refractivity contribution in [2.45, 2.75) is 26.7 Å². The van der Waals surface area contributed by atoms with Crippen LogP contribution in [0.5, 0.6) is 0 Å². The van der Waals surface area contributed by atoms with Crippen LogP contribution >= 0.6 is 0 Å². The Morgan fingerprint density at radius 1 is 0.850 bits per heavy atom. The standard InChI is InChI=1S/C17H20N2O/c1-3-13-5-9-15(10-6-13)19(17(18)20)16-11-7-14(4-2)8-12-16/h5-12H,3-4H2,1-2H3,(H2,18,20). The molecule has 3 nitrogen and oxygen atoms in total. The van der Waals surface area contributed by atoms with E-state index in [1.165, 1.54) is 16.0 Å². The van der Waals surface area contributed by atoms with Crippen LogP contribution in [0.2, 0.25) is 0 Å². The fraction of sp³-hybridized carbons (Fsp3) is 0.235. The minimum absolute atomic E-state index is 0.474. The summed E-state index contributed by atoms with van der Waals surface area (Å²) in [5.74, 6) is 0. The first-order valence-corrected chi connectivity index (χ1v) is 6.93. The normalized spacial score (nSPS) is 10.3. The second kappa shape index (κ2) is 6.24. The average molecular weight is 268 g/mol. The summed E-state index contributed by atoms with van der Waals surface area (Å²) in [6.07, 6.45) is 1.95. The topological polar surface area (TPSA) is 46.3 Å². The summed E-state index contributed by atoms with van der Waals surface area (Å²) in [5, 5.41) is 0. The van der Waals surface area contributed by atoms with Gasteiger partial charge in [-0.15, -0.1) is 0 Å². The van der Waals surface area contributed by atoms with Gasteiger partial charge in [0.2, 0.25) is 0 Å². The molecule has 0 aliphatic rings.